The van der Waals surface area contributed by atoms with Crippen molar-refractivity contribution in [2.24, 2.45) is 0 Å². The summed E-state index contributed by atoms with van der Waals surface area (Å²) < 4.78 is 110. The number of hydrogen-bond acceptors (Lipinski definition) is 3. The highest BCUT2D eigenvalue weighted by Crippen LogP contribution is 2.35. The van der Waals surface area contributed by atoms with E-state index in [2.05, 4.69) is 0 Å². The Morgan fingerprint density at radius 2 is 1.26 bits per heavy atom. The lowest BCUT2D eigenvalue weighted by Crippen LogP contribution is -2.44. The molecule has 1 N–H and O–H groups in total. The van der Waals surface area contributed by atoms with Crippen LogP contribution in [-0.4, -0.2) is 14.2 Å². The van der Waals surface area contributed by atoms with Gasteiger partial charge in [0, 0.05) is 16.1 Å². The zero-order chi connectivity index (χ0) is 26.3. The Bertz CT molecular complexity index is 1340. The molecule has 5 nitrogen and oxygen atoms in total. The van der Waals surface area contributed by atoms with Gasteiger partial charge in [-0.2, -0.15) is 30.7 Å². The van der Waals surface area contributed by atoms with Crippen LogP contribution in [0.25, 0.3) is 0 Å². The second-order valence-corrected chi connectivity index (χ2v) is 7.87. The first-order valence-electron chi connectivity index (χ1n) is 9.45. The van der Waals surface area contributed by atoms with E-state index in [0.717, 1.165) is 6.07 Å². The maximum atomic E-state index is 14.7. The summed E-state index contributed by atoms with van der Waals surface area (Å²) in [4.78, 5) is 24.7. The molecule has 0 aliphatic heterocycles. The molecule has 0 bridgehead atoms. The third-order valence-corrected chi connectivity index (χ3v) is 5.11. The van der Waals surface area contributed by atoms with Crippen LogP contribution in [0.3, 0.4) is 0 Å². The average Bonchev–Trinajstić information content (AvgIpc) is 2.73. The fraction of sp³-hybridized carbons (Fsp3) is 0.238. The first-order valence-corrected chi connectivity index (χ1v) is 9.83. The summed E-state index contributed by atoms with van der Waals surface area (Å²) in [6, 6.07) is 3.67. The Balaban J connectivity index is 1.99. The predicted octanol–water partition coefficient (Wildman–Crippen LogP) is 5.11. The van der Waals surface area contributed by atoms with E-state index in [1.54, 1.807) is 0 Å². The van der Waals surface area contributed by atoms with Gasteiger partial charge in [-0.05, 0) is 30.3 Å². The van der Waals surface area contributed by atoms with Crippen molar-refractivity contribution in [2.75, 3.05) is 0 Å². The van der Waals surface area contributed by atoms with Crippen LogP contribution in [0.2, 0.25) is 5.02 Å². The quantitative estimate of drug-likeness (QED) is 0.452. The van der Waals surface area contributed by atoms with Gasteiger partial charge in [0.2, 0.25) is 5.88 Å². The van der Waals surface area contributed by atoms with Crippen LogP contribution >= 0.6 is 11.6 Å². The molecule has 3 aromatic rings. The molecular formula is C21H13ClF8N2O3. The topological polar surface area (TPSA) is 64.2 Å². The third-order valence-electron chi connectivity index (χ3n) is 4.89. The number of benzene rings is 2. The molecule has 1 heterocycles. The van der Waals surface area contributed by atoms with Crippen molar-refractivity contribution in [1.82, 2.24) is 9.13 Å². The highest BCUT2D eigenvalue weighted by Gasteiger charge is 2.38. The van der Waals surface area contributed by atoms with Gasteiger partial charge in [0.15, 0.2) is 0 Å². The van der Waals surface area contributed by atoms with E-state index in [4.69, 9.17) is 11.6 Å². The van der Waals surface area contributed by atoms with Gasteiger partial charge in [0.1, 0.15) is 5.82 Å². The third kappa shape index (κ3) is 5.66. The molecule has 0 aliphatic carbocycles. The van der Waals surface area contributed by atoms with Gasteiger partial charge in [0.05, 0.1) is 24.7 Å². The van der Waals surface area contributed by atoms with E-state index in [1.807, 2.05) is 0 Å². The smallest absolute Gasteiger partial charge is 0.416 e. The lowest BCUT2D eigenvalue weighted by Gasteiger charge is -2.22. The molecule has 0 radical (unpaired) electrons. The van der Waals surface area contributed by atoms with Crippen LogP contribution in [0.4, 0.5) is 35.1 Å². The van der Waals surface area contributed by atoms with Crippen molar-refractivity contribution < 1.29 is 40.2 Å². The van der Waals surface area contributed by atoms with Gasteiger partial charge in [-0.25, -0.2) is 9.18 Å². The van der Waals surface area contributed by atoms with Crippen LogP contribution in [-0.2, 0) is 31.1 Å². The van der Waals surface area contributed by atoms with Gasteiger partial charge in [-0.1, -0.05) is 23.7 Å². The summed E-state index contributed by atoms with van der Waals surface area (Å²) in [7, 11) is 0. The second-order valence-electron chi connectivity index (χ2n) is 7.44. The molecule has 0 saturated heterocycles. The van der Waals surface area contributed by atoms with Gasteiger partial charge < -0.3 is 5.11 Å². The molecule has 2 aromatic carbocycles. The van der Waals surface area contributed by atoms with Crippen LogP contribution in [0.5, 0.6) is 5.88 Å². The zero-order valence-electron chi connectivity index (χ0n) is 17.1. The molecule has 0 atom stereocenters. The molecule has 14 heteroatoms. The van der Waals surface area contributed by atoms with Crippen molar-refractivity contribution in [3.8, 4) is 5.88 Å². The van der Waals surface area contributed by atoms with E-state index in [0.29, 0.717) is 36.4 Å². The molecule has 1 aromatic heterocycles. The molecule has 0 saturated carbocycles. The predicted molar refractivity (Wildman–Crippen MR) is 107 cm³/mol. The molecule has 0 aliphatic rings. The van der Waals surface area contributed by atoms with Gasteiger partial charge >= 0.3 is 11.9 Å². The minimum absolute atomic E-state index is 0.0896. The van der Waals surface area contributed by atoms with Crippen molar-refractivity contribution in [3.05, 3.63) is 96.9 Å². The minimum Gasteiger partial charge on any atom is -0.494 e. The number of rotatable bonds is 6. The highest BCUT2D eigenvalue weighted by atomic mass is 35.5. The number of aromatic hydroxyl groups is 1. The Morgan fingerprint density at radius 3 is 1.80 bits per heavy atom. The number of aromatic nitrogens is 2. The number of halogens is 9. The molecule has 35 heavy (non-hydrogen) atoms. The summed E-state index contributed by atoms with van der Waals surface area (Å²) in [6.07, 6.45) is -4.80. The van der Waals surface area contributed by atoms with Crippen LogP contribution in [0.1, 0.15) is 16.7 Å². The summed E-state index contributed by atoms with van der Waals surface area (Å²) in [5, 5.41) is 9.45. The maximum Gasteiger partial charge on any atom is 0.416 e. The number of alkyl halides is 7. The molecule has 0 amide bonds. The molecule has 0 fully saturated rings. The lowest BCUT2D eigenvalue weighted by molar-refractivity contribution is -0.137. The van der Waals surface area contributed by atoms with E-state index in [-0.39, 0.29) is 15.2 Å². The van der Waals surface area contributed by atoms with Crippen LogP contribution < -0.4 is 11.2 Å². The van der Waals surface area contributed by atoms with E-state index >= 15 is 0 Å². The van der Waals surface area contributed by atoms with Gasteiger partial charge in [-0.15, -0.1) is 0 Å². The van der Waals surface area contributed by atoms with E-state index < -0.39 is 75.8 Å². The van der Waals surface area contributed by atoms with E-state index in [1.165, 1.54) is 0 Å². The summed E-state index contributed by atoms with van der Waals surface area (Å²) in [5.41, 5.74) is -6.43. The second kappa shape index (κ2) is 9.02. The van der Waals surface area contributed by atoms with Crippen LogP contribution in [0.15, 0.2) is 58.1 Å². The van der Waals surface area contributed by atoms with E-state index in [9.17, 15) is 49.8 Å². The van der Waals surface area contributed by atoms with Crippen molar-refractivity contribution in [1.29, 1.82) is 0 Å². The van der Waals surface area contributed by atoms with Crippen molar-refractivity contribution >= 4 is 11.6 Å². The summed E-state index contributed by atoms with van der Waals surface area (Å²) in [6.45, 7) is -3.41. The zero-order valence-corrected chi connectivity index (χ0v) is 17.8. The Hall–Kier alpha value is -3.35. The SMILES string of the molecule is O=c1cc(O)n(CC(F)(F)c2ccc(C(F)(F)F)cc2)c(=O)n1CC(F)(F)c1cc(F)cc(Cl)c1. The average molecular weight is 529 g/mol. The molecule has 188 valence electrons. The van der Waals surface area contributed by atoms with Crippen molar-refractivity contribution in [2.45, 2.75) is 31.1 Å². The standard InChI is InChI=1S/C21H13ClF8N2O3/c22-14-5-13(6-15(23)7-14)20(26,27)10-32-17(34)8-16(33)31(18(32)35)9-19(24,25)11-1-3-12(4-2-11)21(28,29)30/h1-8,33H,9-10H2. The molecule has 0 unspecified atom stereocenters. The first-order chi connectivity index (χ1) is 16.0. The summed E-state index contributed by atoms with van der Waals surface area (Å²) in [5.74, 6) is -10.6. The largest absolute Gasteiger partial charge is 0.494 e. The molecule has 3 rings (SSSR count). The Kier molecular flexibility index (Phi) is 6.77. The van der Waals surface area contributed by atoms with Gasteiger partial charge in [-0.3, -0.25) is 13.9 Å². The van der Waals surface area contributed by atoms with Crippen molar-refractivity contribution in [3.63, 3.8) is 0 Å². The lowest BCUT2D eigenvalue weighted by atomic mass is 10.1. The first kappa shape index (κ1) is 26.3. The fourth-order valence-corrected chi connectivity index (χ4v) is 3.37. The summed E-state index contributed by atoms with van der Waals surface area (Å²) >= 11 is 5.55. The number of nitrogens with zero attached hydrogens (tertiary/aromatic N) is 2. The number of hydrogen-bond donors (Lipinski definition) is 1. The van der Waals surface area contributed by atoms with Gasteiger partial charge in [0.25, 0.3) is 17.4 Å². The Morgan fingerprint density at radius 1 is 0.743 bits per heavy atom. The maximum absolute atomic E-state index is 14.7. The van der Waals surface area contributed by atoms with Crippen LogP contribution in [0, 0.1) is 5.82 Å². The highest BCUT2D eigenvalue weighted by molar-refractivity contribution is 6.30. The Labute approximate surface area is 195 Å². The molecule has 0 spiro atoms. The molecular weight excluding hydrogens is 516 g/mol. The fourth-order valence-electron chi connectivity index (χ4n) is 3.15. The minimum atomic E-state index is -4.80. The monoisotopic (exact) mass is 528 g/mol. The normalized spacial score (nSPS) is 12.7.